The van der Waals surface area contributed by atoms with Crippen molar-refractivity contribution in [3.05, 3.63) is 0 Å². The van der Waals surface area contributed by atoms with Crippen molar-refractivity contribution in [2.75, 3.05) is 26.0 Å². The summed E-state index contributed by atoms with van der Waals surface area (Å²) in [5.74, 6) is 0.731. The number of nitrogens with two attached hydrogens (primary N) is 1. The Morgan fingerprint density at radius 2 is 2.25 bits per heavy atom. The first-order chi connectivity index (χ1) is 5.70. The fourth-order valence-electron chi connectivity index (χ4n) is 0.834. The van der Waals surface area contributed by atoms with Gasteiger partial charge in [-0.05, 0) is 13.0 Å². The van der Waals surface area contributed by atoms with Crippen LogP contribution in [-0.2, 0) is 4.74 Å². The summed E-state index contributed by atoms with van der Waals surface area (Å²) >= 11 is 1.74. The Kier molecular flexibility index (Phi) is 8.01. The highest BCUT2D eigenvalue weighted by atomic mass is 32.2. The molecule has 0 bridgehead atoms. The maximum Gasteiger partial charge on any atom is 0.0863 e. The van der Waals surface area contributed by atoms with Gasteiger partial charge in [0.2, 0.25) is 0 Å². The molecule has 2 unspecified atom stereocenters. The van der Waals surface area contributed by atoms with Gasteiger partial charge < -0.3 is 15.6 Å². The van der Waals surface area contributed by atoms with E-state index in [1.807, 2.05) is 0 Å². The Bertz CT molecular complexity index is 91.1. The van der Waals surface area contributed by atoms with Crippen LogP contribution in [0.4, 0.5) is 0 Å². The predicted octanol–water partition coefficient (Wildman–Crippen LogP) is 0.464. The molecule has 0 spiro atoms. The number of methoxy groups -OCH3 is 1. The molecular weight excluding hydrogens is 174 g/mol. The molecule has 0 fully saturated rings. The molecule has 2 atom stereocenters. The van der Waals surface area contributed by atoms with E-state index in [9.17, 15) is 5.11 Å². The SMILES string of the molecule is COCC(O)CSC(C)CCN. The van der Waals surface area contributed by atoms with Gasteiger partial charge in [0.1, 0.15) is 0 Å². The number of ether oxygens (including phenoxy) is 1. The predicted molar refractivity (Wildman–Crippen MR) is 53.5 cm³/mol. The summed E-state index contributed by atoms with van der Waals surface area (Å²) < 4.78 is 4.81. The minimum atomic E-state index is -0.347. The average Bonchev–Trinajstić information content (AvgIpc) is 2.02. The molecule has 0 amide bonds. The summed E-state index contributed by atoms with van der Waals surface area (Å²) in [6.07, 6.45) is 0.657. The van der Waals surface area contributed by atoms with E-state index in [2.05, 4.69) is 6.92 Å². The molecule has 0 aliphatic heterocycles. The van der Waals surface area contributed by atoms with Crippen LogP contribution in [-0.4, -0.2) is 42.5 Å². The lowest BCUT2D eigenvalue weighted by molar-refractivity contribution is 0.0793. The number of aliphatic hydroxyl groups excluding tert-OH is 1. The van der Waals surface area contributed by atoms with Crippen molar-refractivity contribution in [1.29, 1.82) is 0 Å². The van der Waals surface area contributed by atoms with Crippen molar-refractivity contribution in [2.24, 2.45) is 5.73 Å². The highest BCUT2D eigenvalue weighted by Crippen LogP contribution is 2.14. The monoisotopic (exact) mass is 193 g/mol. The lowest BCUT2D eigenvalue weighted by Gasteiger charge is -2.13. The largest absolute Gasteiger partial charge is 0.390 e. The van der Waals surface area contributed by atoms with Crippen molar-refractivity contribution in [2.45, 2.75) is 24.7 Å². The van der Waals surface area contributed by atoms with Gasteiger partial charge in [-0.3, -0.25) is 0 Å². The van der Waals surface area contributed by atoms with Crippen LogP contribution in [0, 0.1) is 0 Å². The van der Waals surface area contributed by atoms with E-state index < -0.39 is 0 Å². The Labute approximate surface area is 78.7 Å². The Morgan fingerprint density at radius 3 is 2.75 bits per heavy atom. The van der Waals surface area contributed by atoms with Crippen molar-refractivity contribution in [1.82, 2.24) is 0 Å². The van der Waals surface area contributed by atoms with E-state index in [1.165, 1.54) is 0 Å². The first-order valence-electron chi connectivity index (χ1n) is 4.19. The van der Waals surface area contributed by atoms with Gasteiger partial charge in [-0.15, -0.1) is 0 Å². The quantitative estimate of drug-likeness (QED) is 0.617. The molecule has 0 aromatic rings. The molecule has 74 valence electrons. The Hall–Kier alpha value is 0.230. The topological polar surface area (TPSA) is 55.5 Å². The third-order valence-corrected chi connectivity index (χ3v) is 2.89. The minimum Gasteiger partial charge on any atom is -0.390 e. The second-order valence-corrected chi connectivity index (χ2v) is 4.30. The molecule has 3 N–H and O–H groups in total. The van der Waals surface area contributed by atoms with E-state index in [0.717, 1.165) is 12.2 Å². The molecular formula is C8H19NO2S. The molecule has 0 aromatic heterocycles. The summed E-state index contributed by atoms with van der Waals surface area (Å²) in [6.45, 7) is 3.26. The van der Waals surface area contributed by atoms with Crippen LogP contribution in [0.3, 0.4) is 0 Å². The fourth-order valence-corrected chi connectivity index (χ4v) is 1.78. The molecule has 0 saturated heterocycles. The van der Waals surface area contributed by atoms with E-state index in [1.54, 1.807) is 18.9 Å². The Balaban J connectivity index is 3.27. The minimum absolute atomic E-state index is 0.347. The van der Waals surface area contributed by atoms with Crippen LogP contribution in [0.5, 0.6) is 0 Å². The van der Waals surface area contributed by atoms with Gasteiger partial charge in [-0.1, -0.05) is 6.92 Å². The molecule has 0 heterocycles. The second kappa shape index (κ2) is 7.86. The zero-order chi connectivity index (χ0) is 9.40. The van der Waals surface area contributed by atoms with E-state index >= 15 is 0 Å². The van der Waals surface area contributed by atoms with Crippen molar-refractivity contribution >= 4 is 11.8 Å². The summed E-state index contributed by atoms with van der Waals surface area (Å²) in [7, 11) is 1.59. The van der Waals surface area contributed by atoms with Crippen LogP contribution >= 0.6 is 11.8 Å². The fraction of sp³-hybridized carbons (Fsp3) is 1.00. The standard InChI is InChI=1S/C8H19NO2S/c1-7(3-4-9)12-6-8(10)5-11-2/h7-8,10H,3-6,9H2,1-2H3. The van der Waals surface area contributed by atoms with Crippen LogP contribution in [0.15, 0.2) is 0 Å². The average molecular weight is 193 g/mol. The zero-order valence-electron chi connectivity index (χ0n) is 7.82. The van der Waals surface area contributed by atoms with E-state index in [4.69, 9.17) is 10.5 Å². The first kappa shape index (κ1) is 12.2. The van der Waals surface area contributed by atoms with E-state index in [0.29, 0.717) is 18.4 Å². The molecule has 0 radical (unpaired) electrons. The second-order valence-electron chi connectivity index (χ2n) is 2.83. The molecule has 0 aromatic carbocycles. The van der Waals surface area contributed by atoms with Crippen molar-refractivity contribution < 1.29 is 9.84 Å². The summed E-state index contributed by atoms with van der Waals surface area (Å²) in [6, 6.07) is 0. The van der Waals surface area contributed by atoms with Crippen molar-refractivity contribution in [3.8, 4) is 0 Å². The van der Waals surface area contributed by atoms with E-state index in [-0.39, 0.29) is 6.10 Å². The number of aliphatic hydroxyl groups is 1. The third-order valence-electron chi connectivity index (χ3n) is 1.51. The molecule has 0 aliphatic carbocycles. The highest BCUT2D eigenvalue weighted by molar-refractivity contribution is 7.99. The first-order valence-corrected chi connectivity index (χ1v) is 5.24. The number of thioether (sulfide) groups is 1. The van der Waals surface area contributed by atoms with Gasteiger partial charge in [0.25, 0.3) is 0 Å². The number of hydrogen-bond acceptors (Lipinski definition) is 4. The lowest BCUT2D eigenvalue weighted by atomic mass is 10.3. The van der Waals surface area contributed by atoms with Crippen molar-refractivity contribution in [3.63, 3.8) is 0 Å². The van der Waals surface area contributed by atoms with Gasteiger partial charge in [-0.2, -0.15) is 11.8 Å². The number of hydrogen-bond donors (Lipinski definition) is 2. The molecule has 0 saturated carbocycles. The zero-order valence-corrected chi connectivity index (χ0v) is 8.64. The normalized spacial score (nSPS) is 16.0. The van der Waals surface area contributed by atoms with Crippen LogP contribution in [0.2, 0.25) is 0 Å². The molecule has 4 heteroatoms. The molecule has 3 nitrogen and oxygen atoms in total. The summed E-state index contributed by atoms with van der Waals surface area (Å²) in [4.78, 5) is 0. The lowest BCUT2D eigenvalue weighted by Crippen LogP contribution is -2.19. The van der Waals surface area contributed by atoms with Gasteiger partial charge >= 0.3 is 0 Å². The van der Waals surface area contributed by atoms with Crippen LogP contribution in [0.1, 0.15) is 13.3 Å². The maximum absolute atomic E-state index is 9.29. The maximum atomic E-state index is 9.29. The summed E-state index contributed by atoms with van der Waals surface area (Å²) in [5, 5.41) is 9.82. The smallest absolute Gasteiger partial charge is 0.0863 e. The molecule has 0 aliphatic rings. The molecule has 12 heavy (non-hydrogen) atoms. The Morgan fingerprint density at radius 1 is 1.58 bits per heavy atom. The van der Waals surface area contributed by atoms with Gasteiger partial charge in [0.05, 0.1) is 12.7 Å². The summed E-state index contributed by atoms with van der Waals surface area (Å²) in [5.41, 5.74) is 5.39. The number of rotatable bonds is 7. The molecule has 0 rings (SSSR count). The van der Waals surface area contributed by atoms with Gasteiger partial charge in [0, 0.05) is 18.1 Å². The highest BCUT2D eigenvalue weighted by Gasteiger charge is 2.06. The van der Waals surface area contributed by atoms with Gasteiger partial charge in [0.15, 0.2) is 0 Å². The van der Waals surface area contributed by atoms with Crippen LogP contribution in [0.25, 0.3) is 0 Å². The third kappa shape index (κ3) is 6.91. The van der Waals surface area contributed by atoms with Gasteiger partial charge in [-0.25, -0.2) is 0 Å². The van der Waals surface area contributed by atoms with Crippen LogP contribution < -0.4 is 5.73 Å².